The molecule has 1 aromatic carbocycles. The van der Waals surface area contributed by atoms with Crippen LogP contribution in [-0.2, 0) is 11.3 Å². The number of halogens is 2. The summed E-state index contributed by atoms with van der Waals surface area (Å²) in [5, 5.41) is 7.39. The van der Waals surface area contributed by atoms with Crippen molar-refractivity contribution in [2.45, 2.75) is 32.2 Å². The van der Waals surface area contributed by atoms with Crippen LogP contribution in [0.2, 0.25) is 5.02 Å². The second-order valence-corrected chi connectivity index (χ2v) is 6.00. The van der Waals surface area contributed by atoms with Crippen LogP contribution in [0.4, 0.5) is 10.1 Å². The van der Waals surface area contributed by atoms with Crippen molar-refractivity contribution >= 4 is 23.2 Å². The number of nitrogens with one attached hydrogen (secondary N) is 1. The number of nitrogens with zero attached hydrogens (tertiary/aromatic N) is 2. The minimum atomic E-state index is -0.362. The molecule has 1 amide bonds. The number of anilines is 1. The summed E-state index contributed by atoms with van der Waals surface area (Å²) in [5.41, 5.74) is 1.02. The Hall–Kier alpha value is -1.88. The molecule has 0 saturated heterocycles. The Morgan fingerprint density at radius 2 is 2.18 bits per heavy atom. The van der Waals surface area contributed by atoms with Gasteiger partial charge in [-0.2, -0.15) is 5.10 Å². The summed E-state index contributed by atoms with van der Waals surface area (Å²) in [7, 11) is 0. The van der Waals surface area contributed by atoms with E-state index in [1.165, 1.54) is 6.07 Å². The third-order valence-corrected chi connectivity index (χ3v) is 4.36. The van der Waals surface area contributed by atoms with Crippen LogP contribution in [0.15, 0.2) is 30.6 Å². The summed E-state index contributed by atoms with van der Waals surface area (Å²) in [6, 6.07) is 4.58. The Bertz CT molecular complexity index is 660. The van der Waals surface area contributed by atoms with Crippen molar-refractivity contribution in [2.24, 2.45) is 5.92 Å². The predicted octanol–water partition coefficient (Wildman–Crippen LogP) is 3.85. The van der Waals surface area contributed by atoms with Crippen LogP contribution in [0.25, 0.3) is 0 Å². The molecule has 116 valence electrons. The maximum Gasteiger partial charge on any atom is 0.227 e. The fourth-order valence-corrected chi connectivity index (χ4v) is 3.02. The van der Waals surface area contributed by atoms with Crippen LogP contribution in [0.5, 0.6) is 0 Å². The van der Waals surface area contributed by atoms with Crippen LogP contribution in [0.3, 0.4) is 0 Å². The lowest BCUT2D eigenvalue weighted by atomic mass is 10.1. The molecule has 1 aliphatic rings. The van der Waals surface area contributed by atoms with Crippen molar-refractivity contribution in [3.63, 3.8) is 0 Å². The van der Waals surface area contributed by atoms with Gasteiger partial charge in [-0.25, -0.2) is 4.39 Å². The maximum absolute atomic E-state index is 13.8. The third-order valence-electron chi connectivity index (χ3n) is 4.01. The predicted molar refractivity (Wildman–Crippen MR) is 83.3 cm³/mol. The molecule has 0 spiro atoms. The van der Waals surface area contributed by atoms with E-state index in [4.69, 9.17) is 11.6 Å². The van der Waals surface area contributed by atoms with Gasteiger partial charge in [0.2, 0.25) is 5.91 Å². The molecule has 0 radical (unpaired) electrons. The van der Waals surface area contributed by atoms with Gasteiger partial charge in [0.15, 0.2) is 0 Å². The average Bonchev–Trinajstić information content (AvgIpc) is 3.15. The highest BCUT2D eigenvalue weighted by molar-refractivity contribution is 6.31. The van der Waals surface area contributed by atoms with Gasteiger partial charge in [-0.15, -0.1) is 0 Å². The molecule has 0 atom stereocenters. The minimum Gasteiger partial charge on any atom is -0.323 e. The van der Waals surface area contributed by atoms with E-state index in [1.807, 2.05) is 0 Å². The van der Waals surface area contributed by atoms with E-state index >= 15 is 0 Å². The van der Waals surface area contributed by atoms with Crippen molar-refractivity contribution in [1.29, 1.82) is 0 Å². The number of aromatic nitrogens is 2. The smallest absolute Gasteiger partial charge is 0.227 e. The lowest BCUT2D eigenvalue weighted by Gasteiger charge is -2.08. The zero-order chi connectivity index (χ0) is 15.5. The first-order chi connectivity index (χ1) is 10.6. The number of hydrogen-bond acceptors (Lipinski definition) is 2. The quantitative estimate of drug-likeness (QED) is 0.929. The normalized spacial score (nSPS) is 15.2. The zero-order valence-corrected chi connectivity index (χ0v) is 12.8. The average molecular weight is 322 g/mol. The van der Waals surface area contributed by atoms with E-state index in [-0.39, 0.29) is 24.2 Å². The molecule has 1 N–H and O–H groups in total. The molecular formula is C16H17ClFN3O. The van der Waals surface area contributed by atoms with E-state index in [2.05, 4.69) is 10.4 Å². The summed E-state index contributed by atoms with van der Waals surface area (Å²) in [4.78, 5) is 12.1. The fraction of sp³-hybridized carbons (Fsp3) is 0.375. The van der Waals surface area contributed by atoms with Gasteiger partial charge in [-0.1, -0.05) is 30.5 Å². The molecule has 4 nitrogen and oxygen atoms in total. The number of hydrogen-bond donors (Lipinski definition) is 1. The monoisotopic (exact) mass is 321 g/mol. The van der Waals surface area contributed by atoms with E-state index in [0.717, 1.165) is 25.7 Å². The number of carbonyl (C=O) groups excluding carboxylic acids is 1. The molecule has 1 aliphatic carbocycles. The Morgan fingerprint density at radius 3 is 2.91 bits per heavy atom. The lowest BCUT2D eigenvalue weighted by Crippen LogP contribution is -2.19. The van der Waals surface area contributed by atoms with E-state index in [9.17, 15) is 9.18 Å². The Balaban J connectivity index is 1.67. The third kappa shape index (κ3) is 3.30. The van der Waals surface area contributed by atoms with Crippen LogP contribution in [0.1, 0.15) is 31.2 Å². The lowest BCUT2D eigenvalue weighted by molar-refractivity contribution is -0.119. The molecule has 1 saturated carbocycles. The standard InChI is InChI=1S/C16H17ClFN3O/c17-14-6-3-7-15(18)13(14)10-21-9-12(8-19-21)20-16(22)11-4-1-2-5-11/h3,6-9,11H,1-2,4-5,10H2,(H,20,22). The SMILES string of the molecule is O=C(Nc1cnn(Cc2c(F)cccc2Cl)c1)C1CCCC1. The molecule has 1 aromatic heterocycles. The van der Waals surface area contributed by atoms with Crippen molar-refractivity contribution in [3.05, 3.63) is 47.0 Å². The summed E-state index contributed by atoms with van der Waals surface area (Å²) < 4.78 is 15.3. The number of rotatable bonds is 4. The summed E-state index contributed by atoms with van der Waals surface area (Å²) in [6.45, 7) is 0.227. The van der Waals surface area contributed by atoms with Gasteiger partial charge < -0.3 is 5.32 Å². The molecule has 3 rings (SSSR count). The zero-order valence-electron chi connectivity index (χ0n) is 12.1. The molecular weight excluding hydrogens is 305 g/mol. The highest BCUT2D eigenvalue weighted by Crippen LogP contribution is 2.26. The second-order valence-electron chi connectivity index (χ2n) is 5.60. The molecule has 2 aromatic rings. The van der Waals surface area contributed by atoms with Crippen LogP contribution >= 0.6 is 11.6 Å². The van der Waals surface area contributed by atoms with Gasteiger partial charge >= 0.3 is 0 Å². The first-order valence-corrected chi connectivity index (χ1v) is 7.77. The van der Waals surface area contributed by atoms with Gasteiger partial charge in [-0.05, 0) is 25.0 Å². The van der Waals surface area contributed by atoms with Gasteiger partial charge in [0.25, 0.3) is 0 Å². The molecule has 0 aliphatic heterocycles. The van der Waals surface area contributed by atoms with Gasteiger partial charge in [0, 0.05) is 22.7 Å². The highest BCUT2D eigenvalue weighted by atomic mass is 35.5. The topological polar surface area (TPSA) is 46.9 Å². The first-order valence-electron chi connectivity index (χ1n) is 7.39. The maximum atomic E-state index is 13.8. The number of amides is 1. The summed E-state index contributed by atoms with van der Waals surface area (Å²) in [6.07, 6.45) is 7.39. The summed E-state index contributed by atoms with van der Waals surface area (Å²) >= 11 is 6.01. The Kier molecular flexibility index (Phi) is 4.43. The summed E-state index contributed by atoms with van der Waals surface area (Å²) in [5.74, 6) is -0.218. The highest BCUT2D eigenvalue weighted by Gasteiger charge is 2.22. The molecule has 0 unspecified atom stereocenters. The second kappa shape index (κ2) is 6.48. The molecule has 1 heterocycles. The first kappa shape index (κ1) is 15.0. The van der Waals surface area contributed by atoms with Crippen molar-refractivity contribution < 1.29 is 9.18 Å². The molecule has 0 bridgehead atoms. The molecule has 1 fully saturated rings. The van der Waals surface area contributed by atoms with Crippen LogP contribution in [-0.4, -0.2) is 15.7 Å². The van der Waals surface area contributed by atoms with E-state index < -0.39 is 0 Å². The fourth-order valence-electron chi connectivity index (χ4n) is 2.79. The molecule has 22 heavy (non-hydrogen) atoms. The Morgan fingerprint density at radius 1 is 1.41 bits per heavy atom. The van der Waals surface area contributed by atoms with Gasteiger partial charge in [0.05, 0.1) is 18.4 Å². The Labute approximate surface area is 133 Å². The number of carbonyl (C=O) groups is 1. The van der Waals surface area contributed by atoms with E-state index in [1.54, 1.807) is 29.2 Å². The van der Waals surface area contributed by atoms with Crippen LogP contribution in [0, 0.1) is 11.7 Å². The van der Waals surface area contributed by atoms with Crippen molar-refractivity contribution in [1.82, 2.24) is 9.78 Å². The van der Waals surface area contributed by atoms with Crippen LogP contribution < -0.4 is 5.32 Å². The minimum absolute atomic E-state index is 0.0426. The van der Waals surface area contributed by atoms with Gasteiger partial charge in [0.1, 0.15) is 5.82 Å². The molecule has 6 heteroatoms. The van der Waals surface area contributed by atoms with Crippen molar-refractivity contribution in [2.75, 3.05) is 5.32 Å². The van der Waals surface area contributed by atoms with Crippen molar-refractivity contribution in [3.8, 4) is 0 Å². The number of benzene rings is 1. The van der Waals surface area contributed by atoms with Gasteiger partial charge in [-0.3, -0.25) is 9.48 Å². The largest absolute Gasteiger partial charge is 0.323 e. The van der Waals surface area contributed by atoms with E-state index in [0.29, 0.717) is 16.3 Å².